The number of aromatic hydroxyl groups is 2. The molecule has 2 saturated heterocycles. The van der Waals surface area contributed by atoms with Gasteiger partial charge < -0.3 is 69.6 Å². The number of aliphatic hydroxyl groups is 7. The van der Waals surface area contributed by atoms with Gasteiger partial charge in [-0.3, -0.25) is 0 Å². The van der Waals surface area contributed by atoms with Crippen LogP contribution in [0.1, 0.15) is 0 Å². The van der Waals surface area contributed by atoms with Crippen LogP contribution in [0.4, 0.5) is 0 Å². The minimum absolute atomic E-state index is 0.0261. The first-order chi connectivity index (χ1) is 20.0. The van der Waals surface area contributed by atoms with Gasteiger partial charge in [0, 0.05) is 18.2 Å². The van der Waals surface area contributed by atoms with Gasteiger partial charge in [-0.25, -0.2) is 4.42 Å². The van der Waals surface area contributed by atoms with Crippen molar-refractivity contribution in [1.29, 1.82) is 0 Å². The Hall–Kier alpha value is -3.51. The summed E-state index contributed by atoms with van der Waals surface area (Å²) in [5.41, 5.74) is 0.319. The highest BCUT2D eigenvalue weighted by Crippen LogP contribution is 2.43. The number of rotatable bonds is 7. The third kappa shape index (κ3) is 5.61. The maximum Gasteiger partial charge on any atom is 0.402 e. The number of phenols is 2. The van der Waals surface area contributed by atoms with Crippen molar-refractivity contribution in [3.63, 3.8) is 0 Å². The van der Waals surface area contributed by atoms with Crippen molar-refractivity contribution in [3.05, 3.63) is 36.4 Å². The van der Waals surface area contributed by atoms with Gasteiger partial charge in [0.15, 0.2) is 11.5 Å². The van der Waals surface area contributed by atoms with Crippen molar-refractivity contribution in [2.24, 2.45) is 0 Å². The molecule has 42 heavy (non-hydrogen) atoms. The Balaban J connectivity index is 1.62. The summed E-state index contributed by atoms with van der Waals surface area (Å²) in [4.78, 5) is 0. The smallest absolute Gasteiger partial charge is 0.402 e. The van der Waals surface area contributed by atoms with Crippen molar-refractivity contribution < 1.29 is 74.1 Å². The van der Waals surface area contributed by atoms with Crippen LogP contribution in [0.3, 0.4) is 0 Å². The number of ether oxygens (including phenoxy) is 5. The summed E-state index contributed by atoms with van der Waals surface area (Å²) in [5, 5.41) is 91.4. The zero-order valence-electron chi connectivity index (χ0n) is 22.0. The van der Waals surface area contributed by atoms with E-state index >= 15 is 0 Å². The number of hydrogen-bond donors (Lipinski definition) is 9. The fourth-order valence-corrected chi connectivity index (χ4v) is 4.67. The van der Waals surface area contributed by atoms with Crippen LogP contribution in [-0.4, -0.2) is 122 Å². The number of hydrogen-bond acceptors (Lipinski definition) is 14. The lowest BCUT2D eigenvalue weighted by Crippen LogP contribution is -2.60. The van der Waals surface area contributed by atoms with E-state index in [1.54, 1.807) is 0 Å². The highest BCUT2D eigenvalue weighted by atomic mass is 16.7. The molecule has 0 radical (unpaired) electrons. The van der Waals surface area contributed by atoms with Gasteiger partial charge in [-0.15, -0.1) is 0 Å². The Morgan fingerprint density at radius 3 is 2.24 bits per heavy atom. The van der Waals surface area contributed by atoms with Crippen LogP contribution in [0, 0.1) is 0 Å². The zero-order valence-corrected chi connectivity index (χ0v) is 22.0. The monoisotopic (exact) mass is 595 g/mol. The van der Waals surface area contributed by atoms with Crippen LogP contribution in [0.25, 0.3) is 22.3 Å². The van der Waals surface area contributed by atoms with Crippen LogP contribution in [0.2, 0.25) is 0 Å². The van der Waals surface area contributed by atoms with Gasteiger partial charge in [-0.2, -0.15) is 0 Å². The molecule has 5 rings (SSSR count). The largest absolute Gasteiger partial charge is 0.507 e. The van der Waals surface area contributed by atoms with Gasteiger partial charge in [-0.05, 0) is 12.1 Å². The Kier molecular flexibility index (Phi) is 8.56. The van der Waals surface area contributed by atoms with Gasteiger partial charge in [0.2, 0.25) is 18.3 Å². The molecule has 2 aliphatic heterocycles. The molecule has 3 aromatic rings. The summed E-state index contributed by atoms with van der Waals surface area (Å²) in [7, 11) is 1.33. The standard InChI is InChI=1S/C27H30O15/c1-37-17-4-10(2-3-13(17)30)25-18(41-27-24(36)22(34)21(33)19(8-28)42-27)7-12-15(39-25)5-11(29)6-16(12)40-26-23(35)20(32)14(31)9-38-26/h2-7,14,19-24,26-28,31-36H,8-9H2,1H3,(H-,29,30)/p+1/t14-,19+,20-,21+,22-,23+,24+,26-,27+/m0/s1. The average molecular weight is 596 g/mol. The SMILES string of the molecule is COc1cc(-c2[o+]c3cc(O)cc(O[C@@H]4OC[C@H](O)[C@H](O)[C@H]4O)c3cc2O[C@@H]2O[C@H](CO)[C@@H](O)[C@H](O)[C@H]2O)ccc1O. The summed E-state index contributed by atoms with van der Waals surface area (Å²) >= 11 is 0. The molecule has 9 N–H and O–H groups in total. The van der Waals surface area contributed by atoms with E-state index in [-0.39, 0.29) is 52.1 Å². The first-order valence-electron chi connectivity index (χ1n) is 12.8. The molecule has 0 amide bonds. The second-order valence-corrected chi connectivity index (χ2v) is 9.87. The van der Waals surface area contributed by atoms with Crippen LogP contribution >= 0.6 is 0 Å². The summed E-state index contributed by atoms with van der Waals surface area (Å²) in [6, 6.07) is 7.99. The topological polar surface area (TPSA) is 240 Å². The number of aliphatic hydroxyl groups excluding tert-OH is 7. The average Bonchev–Trinajstić information content (AvgIpc) is 2.97. The highest BCUT2D eigenvalue weighted by molar-refractivity contribution is 5.89. The fourth-order valence-electron chi connectivity index (χ4n) is 4.67. The molecule has 228 valence electrons. The Morgan fingerprint density at radius 2 is 1.52 bits per heavy atom. The van der Waals surface area contributed by atoms with Crippen molar-refractivity contribution >= 4 is 11.0 Å². The number of benzene rings is 2. The molecule has 2 aromatic carbocycles. The maximum absolute atomic E-state index is 10.6. The van der Waals surface area contributed by atoms with Crippen molar-refractivity contribution in [2.75, 3.05) is 20.3 Å². The molecule has 0 bridgehead atoms. The number of phenolic OH excluding ortho intramolecular Hbond substituents is 2. The van der Waals surface area contributed by atoms with E-state index in [4.69, 9.17) is 28.1 Å². The zero-order chi connectivity index (χ0) is 30.3. The van der Waals surface area contributed by atoms with Crippen LogP contribution in [0.15, 0.2) is 40.8 Å². The summed E-state index contributed by atoms with van der Waals surface area (Å²) in [6.07, 6.45) is -14.1. The van der Waals surface area contributed by atoms with Gasteiger partial charge in [0.25, 0.3) is 0 Å². The van der Waals surface area contributed by atoms with Gasteiger partial charge in [0.05, 0.1) is 32.0 Å². The van der Waals surface area contributed by atoms with Crippen molar-refractivity contribution in [3.8, 4) is 40.1 Å². The predicted octanol–water partition coefficient (Wildman–Crippen LogP) is -1.20. The molecule has 0 unspecified atom stereocenters. The summed E-state index contributed by atoms with van der Waals surface area (Å²) in [6.45, 7) is -1.04. The van der Waals surface area contributed by atoms with Crippen LogP contribution < -0.4 is 14.2 Å². The lowest BCUT2D eigenvalue weighted by Gasteiger charge is -2.39. The van der Waals surface area contributed by atoms with Crippen molar-refractivity contribution in [2.45, 2.75) is 55.3 Å². The first kappa shape index (κ1) is 30.0. The molecule has 3 heterocycles. The minimum atomic E-state index is -1.77. The third-order valence-electron chi connectivity index (χ3n) is 7.03. The molecular weight excluding hydrogens is 564 g/mol. The molecular formula is C27H31O15+. The predicted molar refractivity (Wildman–Crippen MR) is 139 cm³/mol. The van der Waals surface area contributed by atoms with Crippen LogP contribution in [-0.2, 0) is 9.47 Å². The Bertz CT molecular complexity index is 1410. The van der Waals surface area contributed by atoms with E-state index in [1.165, 1.54) is 43.5 Å². The van der Waals surface area contributed by atoms with Crippen molar-refractivity contribution in [1.82, 2.24) is 0 Å². The van der Waals surface area contributed by atoms with E-state index in [9.17, 15) is 46.0 Å². The maximum atomic E-state index is 10.6. The molecule has 15 heteroatoms. The van der Waals surface area contributed by atoms with E-state index in [0.717, 1.165) is 0 Å². The van der Waals surface area contributed by atoms with Gasteiger partial charge in [-0.1, -0.05) is 0 Å². The second kappa shape index (κ2) is 12.0. The van der Waals surface area contributed by atoms with Gasteiger partial charge >= 0.3 is 11.3 Å². The van der Waals surface area contributed by atoms with E-state index < -0.39 is 61.9 Å². The molecule has 0 spiro atoms. The molecule has 1 aromatic heterocycles. The summed E-state index contributed by atoms with van der Waals surface area (Å²) in [5.74, 6) is -0.674. The third-order valence-corrected chi connectivity index (χ3v) is 7.03. The molecule has 0 aliphatic carbocycles. The Morgan fingerprint density at radius 1 is 0.810 bits per heavy atom. The fraction of sp³-hybridized carbons (Fsp3) is 0.444. The summed E-state index contributed by atoms with van der Waals surface area (Å²) < 4.78 is 33.7. The minimum Gasteiger partial charge on any atom is -0.507 e. The van der Waals surface area contributed by atoms with E-state index in [0.29, 0.717) is 5.56 Å². The lowest BCUT2D eigenvalue weighted by molar-refractivity contribution is -0.277. The second-order valence-electron chi connectivity index (χ2n) is 9.87. The molecule has 9 atom stereocenters. The van der Waals surface area contributed by atoms with Gasteiger partial charge in [0.1, 0.15) is 59.6 Å². The first-order valence-corrected chi connectivity index (χ1v) is 12.8. The molecule has 15 nitrogen and oxygen atoms in total. The number of fused-ring (bicyclic) bond motifs is 1. The molecule has 0 saturated carbocycles. The van der Waals surface area contributed by atoms with E-state index in [1.807, 2.05) is 0 Å². The Labute approximate surface area is 237 Å². The quantitative estimate of drug-likeness (QED) is 0.146. The van der Waals surface area contributed by atoms with Crippen LogP contribution in [0.5, 0.6) is 28.7 Å². The number of methoxy groups -OCH3 is 1. The molecule has 2 fully saturated rings. The molecule has 2 aliphatic rings. The lowest BCUT2D eigenvalue weighted by atomic mass is 9.99. The highest BCUT2D eigenvalue weighted by Gasteiger charge is 2.46. The van der Waals surface area contributed by atoms with E-state index in [2.05, 4.69) is 0 Å². The normalized spacial score (nSPS) is 31.6.